The number of amides is 2. The minimum absolute atomic E-state index is 0.157. The molecule has 0 atom stereocenters. The number of halogens is 3. The molecule has 3 rings (SSSR count). The van der Waals surface area contributed by atoms with Crippen LogP contribution in [0.1, 0.15) is 24.0 Å². The smallest absolute Gasteiger partial charge is 0.311 e. The molecule has 210 valence electrons. The molecule has 0 fully saturated rings. The first-order chi connectivity index (χ1) is 19.2. The maximum Gasteiger partial charge on any atom is 0.311 e. The molecule has 0 saturated carbocycles. The predicted octanol–water partition coefficient (Wildman–Crippen LogP) is 5.37. The molecule has 0 radical (unpaired) electrons. The van der Waals surface area contributed by atoms with Gasteiger partial charge >= 0.3 is 5.97 Å². The summed E-state index contributed by atoms with van der Waals surface area (Å²) in [5, 5.41) is 7.78. The molecule has 0 unspecified atom stereocenters. The van der Waals surface area contributed by atoms with Gasteiger partial charge in [-0.1, -0.05) is 34.8 Å². The van der Waals surface area contributed by atoms with E-state index >= 15 is 0 Å². The molecule has 0 aliphatic heterocycles. The van der Waals surface area contributed by atoms with E-state index in [2.05, 4.69) is 15.8 Å². The summed E-state index contributed by atoms with van der Waals surface area (Å²) in [5.74, 6) is 0.00606. The highest BCUT2D eigenvalue weighted by Gasteiger charge is 2.09. The number of carbonyl (C=O) groups is 3. The second-order valence-electron chi connectivity index (χ2n) is 8.34. The molecule has 9 nitrogen and oxygen atoms in total. The first-order valence-electron chi connectivity index (χ1n) is 12.1. The molecule has 0 aliphatic carbocycles. The Bertz CT molecular complexity index is 1370. The molecule has 0 aliphatic rings. The van der Waals surface area contributed by atoms with Crippen LogP contribution in [0.15, 0.2) is 65.8 Å². The number of benzene rings is 3. The Morgan fingerprint density at radius 3 is 2.27 bits per heavy atom. The number of hydrogen-bond acceptors (Lipinski definition) is 7. The number of nitrogens with one attached hydrogen (secondary N) is 2. The fraction of sp³-hybridized carbons (Fsp3) is 0.214. The molecule has 2 amide bonds. The van der Waals surface area contributed by atoms with E-state index in [1.54, 1.807) is 60.7 Å². The Hall–Kier alpha value is -3.79. The Kier molecular flexibility index (Phi) is 12.1. The third-order valence-corrected chi connectivity index (χ3v) is 5.90. The van der Waals surface area contributed by atoms with Crippen molar-refractivity contribution in [2.45, 2.75) is 19.8 Å². The molecular weight excluding hydrogens is 581 g/mol. The average molecular weight is 607 g/mol. The zero-order chi connectivity index (χ0) is 28.9. The summed E-state index contributed by atoms with van der Waals surface area (Å²) in [6.45, 7) is 1.58. The molecule has 0 bridgehead atoms. The average Bonchev–Trinajstić information content (AvgIpc) is 2.91. The van der Waals surface area contributed by atoms with Gasteiger partial charge < -0.3 is 19.5 Å². The van der Waals surface area contributed by atoms with Crippen molar-refractivity contribution in [3.05, 3.63) is 86.9 Å². The summed E-state index contributed by atoms with van der Waals surface area (Å²) < 4.78 is 16.3. The van der Waals surface area contributed by atoms with Crippen molar-refractivity contribution >= 4 is 58.8 Å². The number of nitrogens with zero attached hydrogens (tertiary/aromatic N) is 1. The number of ether oxygens (including phenoxy) is 3. The largest absolute Gasteiger partial charge is 0.492 e. The van der Waals surface area contributed by atoms with Gasteiger partial charge in [0.15, 0.2) is 6.61 Å². The first kappa shape index (κ1) is 30.7. The van der Waals surface area contributed by atoms with Crippen molar-refractivity contribution in [3.8, 4) is 17.2 Å². The van der Waals surface area contributed by atoms with Crippen molar-refractivity contribution in [3.63, 3.8) is 0 Å². The lowest BCUT2D eigenvalue weighted by Gasteiger charge is -2.09. The van der Waals surface area contributed by atoms with Crippen LogP contribution in [-0.4, -0.2) is 43.8 Å². The number of hydrogen-bond donors (Lipinski definition) is 2. The summed E-state index contributed by atoms with van der Waals surface area (Å²) in [5.41, 5.74) is 3.77. The van der Waals surface area contributed by atoms with Gasteiger partial charge in [-0.15, -0.1) is 0 Å². The normalized spacial score (nSPS) is 10.7. The summed E-state index contributed by atoms with van der Waals surface area (Å²) in [7, 11) is 0. The van der Waals surface area contributed by atoms with Crippen LogP contribution < -0.4 is 25.0 Å². The first-order valence-corrected chi connectivity index (χ1v) is 13.2. The Morgan fingerprint density at radius 1 is 0.875 bits per heavy atom. The van der Waals surface area contributed by atoms with Crippen LogP contribution in [0.3, 0.4) is 0 Å². The maximum absolute atomic E-state index is 12.1. The van der Waals surface area contributed by atoms with E-state index in [-0.39, 0.29) is 26.2 Å². The predicted molar refractivity (Wildman–Crippen MR) is 154 cm³/mol. The van der Waals surface area contributed by atoms with E-state index in [4.69, 9.17) is 49.0 Å². The Labute approximate surface area is 246 Å². The van der Waals surface area contributed by atoms with Crippen LogP contribution in [0.25, 0.3) is 0 Å². The SMILES string of the molecule is Cc1cc(Cl)ccc1OCC(=O)NCC(=O)N/N=C\c1ccc(OC(=O)CCCOc2ccc(Cl)cc2Cl)cc1. The van der Waals surface area contributed by atoms with E-state index in [1.165, 1.54) is 6.21 Å². The number of aryl methyl sites for hydroxylation is 1. The number of esters is 1. The van der Waals surface area contributed by atoms with E-state index in [9.17, 15) is 14.4 Å². The lowest BCUT2D eigenvalue weighted by molar-refractivity contribution is -0.134. The van der Waals surface area contributed by atoms with Gasteiger partial charge in [0.1, 0.15) is 17.2 Å². The van der Waals surface area contributed by atoms with E-state index < -0.39 is 17.8 Å². The zero-order valence-electron chi connectivity index (χ0n) is 21.4. The van der Waals surface area contributed by atoms with Crippen molar-refractivity contribution in [1.82, 2.24) is 10.7 Å². The fourth-order valence-corrected chi connectivity index (χ4v) is 3.85. The van der Waals surface area contributed by atoms with Crippen LogP contribution in [0.5, 0.6) is 17.2 Å². The van der Waals surface area contributed by atoms with E-state index in [0.717, 1.165) is 5.56 Å². The summed E-state index contributed by atoms with van der Waals surface area (Å²) in [4.78, 5) is 35.9. The molecule has 0 spiro atoms. The maximum atomic E-state index is 12.1. The third-order valence-electron chi connectivity index (χ3n) is 5.13. The summed E-state index contributed by atoms with van der Waals surface area (Å²) in [6, 6.07) is 16.5. The lowest BCUT2D eigenvalue weighted by atomic mass is 10.2. The summed E-state index contributed by atoms with van der Waals surface area (Å²) in [6.07, 6.45) is 2.01. The Morgan fingerprint density at radius 2 is 1.57 bits per heavy atom. The highest BCUT2D eigenvalue weighted by atomic mass is 35.5. The highest BCUT2D eigenvalue weighted by molar-refractivity contribution is 6.35. The second kappa shape index (κ2) is 15.7. The van der Waals surface area contributed by atoms with Crippen molar-refractivity contribution < 1.29 is 28.6 Å². The molecule has 40 heavy (non-hydrogen) atoms. The van der Waals surface area contributed by atoms with Gasteiger partial charge in [-0.3, -0.25) is 14.4 Å². The minimum Gasteiger partial charge on any atom is -0.492 e. The van der Waals surface area contributed by atoms with Gasteiger partial charge in [-0.05, 0) is 85.1 Å². The molecule has 0 saturated heterocycles. The molecule has 0 aromatic heterocycles. The molecule has 0 heterocycles. The van der Waals surface area contributed by atoms with Gasteiger partial charge in [-0.25, -0.2) is 5.43 Å². The van der Waals surface area contributed by atoms with Crippen LogP contribution >= 0.6 is 34.8 Å². The van der Waals surface area contributed by atoms with Crippen molar-refractivity contribution in [2.75, 3.05) is 19.8 Å². The van der Waals surface area contributed by atoms with Gasteiger partial charge in [0.2, 0.25) is 0 Å². The van der Waals surface area contributed by atoms with Gasteiger partial charge in [0.05, 0.1) is 24.4 Å². The minimum atomic E-state index is -0.514. The van der Waals surface area contributed by atoms with Crippen LogP contribution in [-0.2, 0) is 14.4 Å². The molecule has 3 aromatic carbocycles. The molecule has 3 aromatic rings. The van der Waals surface area contributed by atoms with Crippen LogP contribution in [0, 0.1) is 6.92 Å². The van der Waals surface area contributed by atoms with Crippen LogP contribution in [0.4, 0.5) is 0 Å². The quantitative estimate of drug-likeness (QED) is 0.0890. The van der Waals surface area contributed by atoms with Gasteiger partial charge in [0.25, 0.3) is 11.8 Å². The van der Waals surface area contributed by atoms with Crippen LogP contribution in [0.2, 0.25) is 15.1 Å². The van der Waals surface area contributed by atoms with E-state index in [0.29, 0.717) is 44.3 Å². The molecule has 12 heteroatoms. The number of rotatable bonds is 13. The summed E-state index contributed by atoms with van der Waals surface area (Å²) >= 11 is 17.8. The zero-order valence-corrected chi connectivity index (χ0v) is 23.7. The standard InChI is InChI=1S/C28H26Cl3N3O6/c1-18-13-20(29)6-10-24(18)39-17-27(36)32-16-26(35)34-33-15-19-4-8-22(9-5-19)40-28(37)3-2-12-38-25-11-7-21(30)14-23(25)31/h4-11,13-15H,2-3,12,16-17H2,1H3,(H,32,36)(H,34,35)/b33-15-. The topological polar surface area (TPSA) is 115 Å². The number of carbonyl (C=O) groups excluding carboxylic acids is 3. The van der Waals surface area contributed by atoms with Crippen molar-refractivity contribution in [2.24, 2.45) is 5.10 Å². The molecular formula is C28H26Cl3N3O6. The molecule has 2 N–H and O–H groups in total. The van der Waals surface area contributed by atoms with E-state index in [1.807, 2.05) is 6.92 Å². The Balaban J connectivity index is 1.30. The third kappa shape index (κ3) is 10.8. The number of hydrazone groups is 1. The fourth-order valence-electron chi connectivity index (χ4n) is 3.16. The van der Waals surface area contributed by atoms with Gasteiger partial charge in [0, 0.05) is 16.5 Å². The van der Waals surface area contributed by atoms with Crippen molar-refractivity contribution in [1.29, 1.82) is 0 Å². The van der Waals surface area contributed by atoms with Gasteiger partial charge in [-0.2, -0.15) is 5.10 Å². The lowest BCUT2D eigenvalue weighted by Crippen LogP contribution is -2.37. The highest BCUT2D eigenvalue weighted by Crippen LogP contribution is 2.27. The second-order valence-corrected chi connectivity index (χ2v) is 9.62. The monoisotopic (exact) mass is 605 g/mol.